The van der Waals surface area contributed by atoms with Crippen molar-refractivity contribution in [3.05, 3.63) is 83.1 Å². The van der Waals surface area contributed by atoms with Crippen LogP contribution < -0.4 is 10.6 Å². The molecule has 0 saturated heterocycles. The van der Waals surface area contributed by atoms with Crippen molar-refractivity contribution >= 4 is 23.8 Å². The Kier molecular flexibility index (Phi) is 6.44. The van der Waals surface area contributed by atoms with Gasteiger partial charge >= 0.3 is 12.1 Å². The highest BCUT2D eigenvalue weighted by Crippen LogP contribution is 2.44. The molecule has 4 rings (SSSR count). The van der Waals surface area contributed by atoms with Crippen molar-refractivity contribution in [2.45, 2.75) is 12.8 Å². The van der Waals surface area contributed by atoms with E-state index in [4.69, 9.17) is 9.84 Å². The van der Waals surface area contributed by atoms with Crippen LogP contribution in [0.25, 0.3) is 11.1 Å². The smallest absolute Gasteiger partial charge is 0.412 e. The highest BCUT2D eigenvalue weighted by molar-refractivity contribution is 5.94. The SMILES string of the molecule is C/C(=C\CNC(=O)c1cc(NC(=O)OCC2c3ccccc3-c3ccccc32)nn1C)C(=O)O. The normalized spacial score (nSPS) is 12.6. The lowest BCUT2D eigenvalue weighted by Gasteiger charge is -2.14. The van der Waals surface area contributed by atoms with E-state index >= 15 is 0 Å². The molecule has 9 nitrogen and oxygen atoms in total. The first-order valence-corrected chi connectivity index (χ1v) is 10.7. The molecule has 0 radical (unpaired) electrons. The Morgan fingerprint density at radius 2 is 1.71 bits per heavy atom. The summed E-state index contributed by atoms with van der Waals surface area (Å²) < 4.78 is 6.83. The number of hydrogen-bond donors (Lipinski definition) is 3. The number of benzene rings is 2. The molecule has 0 bridgehead atoms. The fourth-order valence-electron chi connectivity index (χ4n) is 3.95. The Hall–Kier alpha value is -4.40. The van der Waals surface area contributed by atoms with Crippen LogP contribution in [0.5, 0.6) is 0 Å². The third kappa shape index (κ3) is 4.68. The number of nitrogens with one attached hydrogen (secondary N) is 2. The number of anilines is 1. The van der Waals surface area contributed by atoms with Gasteiger partial charge in [0.25, 0.3) is 5.91 Å². The van der Waals surface area contributed by atoms with Gasteiger partial charge in [-0.25, -0.2) is 9.59 Å². The fraction of sp³-hybridized carbons (Fsp3) is 0.200. The highest BCUT2D eigenvalue weighted by Gasteiger charge is 2.29. The molecule has 1 aliphatic rings. The van der Waals surface area contributed by atoms with Crippen LogP contribution >= 0.6 is 0 Å². The molecule has 0 unspecified atom stereocenters. The van der Waals surface area contributed by atoms with Gasteiger partial charge in [0.15, 0.2) is 5.82 Å². The van der Waals surface area contributed by atoms with Crippen molar-refractivity contribution < 1.29 is 24.2 Å². The van der Waals surface area contributed by atoms with Gasteiger partial charge in [-0.15, -0.1) is 0 Å². The van der Waals surface area contributed by atoms with E-state index in [1.807, 2.05) is 36.4 Å². The molecule has 174 valence electrons. The van der Waals surface area contributed by atoms with E-state index < -0.39 is 18.0 Å². The van der Waals surface area contributed by atoms with Crippen molar-refractivity contribution in [2.24, 2.45) is 7.05 Å². The standard InChI is InChI=1S/C25H24N4O5/c1-15(24(31)32)11-12-26-23(30)21-13-22(28-29(21)2)27-25(33)34-14-20-18-9-5-3-7-16(18)17-8-4-6-10-19(17)20/h3-11,13,20H,12,14H2,1-2H3,(H,26,30)(H,31,32)(H,27,28,33)/b15-11+. The second-order valence-electron chi connectivity index (χ2n) is 7.89. The third-order valence-electron chi connectivity index (χ3n) is 5.69. The zero-order valence-electron chi connectivity index (χ0n) is 18.7. The van der Waals surface area contributed by atoms with Gasteiger partial charge < -0.3 is 15.2 Å². The van der Waals surface area contributed by atoms with Crippen molar-refractivity contribution in [3.63, 3.8) is 0 Å². The number of fused-ring (bicyclic) bond motifs is 3. The molecule has 0 saturated carbocycles. The van der Waals surface area contributed by atoms with Crippen molar-refractivity contribution in [3.8, 4) is 11.1 Å². The number of rotatable bonds is 7. The number of carboxylic acids is 1. The molecule has 0 spiro atoms. The molecule has 2 amide bonds. The molecule has 34 heavy (non-hydrogen) atoms. The lowest BCUT2D eigenvalue weighted by atomic mass is 9.98. The van der Waals surface area contributed by atoms with E-state index in [1.165, 1.54) is 23.7 Å². The van der Waals surface area contributed by atoms with E-state index in [0.29, 0.717) is 0 Å². The molecule has 2 aromatic carbocycles. The average Bonchev–Trinajstić information content (AvgIpc) is 3.34. The molecule has 9 heteroatoms. The van der Waals surface area contributed by atoms with E-state index in [0.717, 1.165) is 22.3 Å². The fourth-order valence-corrected chi connectivity index (χ4v) is 3.95. The minimum atomic E-state index is -1.05. The minimum Gasteiger partial charge on any atom is -0.478 e. The molecule has 1 aromatic heterocycles. The quantitative estimate of drug-likeness (QED) is 0.464. The molecular weight excluding hydrogens is 436 g/mol. The Morgan fingerprint density at radius 1 is 1.09 bits per heavy atom. The number of nitrogens with zero attached hydrogens (tertiary/aromatic N) is 2. The minimum absolute atomic E-state index is 0.0529. The predicted molar refractivity (Wildman–Crippen MR) is 126 cm³/mol. The van der Waals surface area contributed by atoms with Gasteiger partial charge in [0, 0.05) is 31.1 Å². The van der Waals surface area contributed by atoms with Gasteiger partial charge in [-0.3, -0.25) is 14.8 Å². The molecule has 0 atom stereocenters. The molecule has 3 aromatic rings. The van der Waals surface area contributed by atoms with Crippen LogP contribution in [0.15, 0.2) is 66.2 Å². The molecular formula is C25H24N4O5. The number of carboxylic acid groups (broad SMARTS) is 1. The number of carbonyl (C=O) groups is 3. The van der Waals surface area contributed by atoms with Crippen LogP contribution in [-0.4, -0.2) is 46.0 Å². The number of aromatic nitrogens is 2. The summed E-state index contributed by atoms with van der Waals surface area (Å²) in [5.41, 5.74) is 4.83. The second kappa shape index (κ2) is 9.62. The molecule has 3 N–H and O–H groups in total. The van der Waals surface area contributed by atoms with Crippen LogP contribution in [-0.2, 0) is 16.6 Å². The molecule has 1 aliphatic carbocycles. The first-order chi connectivity index (χ1) is 16.3. The van der Waals surface area contributed by atoms with E-state index in [-0.39, 0.29) is 36.2 Å². The molecule has 0 aliphatic heterocycles. The maximum absolute atomic E-state index is 12.4. The summed E-state index contributed by atoms with van der Waals surface area (Å²) in [7, 11) is 1.57. The summed E-state index contributed by atoms with van der Waals surface area (Å²) in [5, 5.41) is 18.1. The number of aliphatic carboxylic acids is 1. The van der Waals surface area contributed by atoms with E-state index in [9.17, 15) is 14.4 Å². The largest absolute Gasteiger partial charge is 0.478 e. The summed E-state index contributed by atoms with van der Waals surface area (Å²) in [6.45, 7) is 1.65. The van der Waals surface area contributed by atoms with Crippen LogP contribution in [0.3, 0.4) is 0 Å². The second-order valence-corrected chi connectivity index (χ2v) is 7.89. The Morgan fingerprint density at radius 3 is 2.32 bits per heavy atom. The van der Waals surface area contributed by atoms with Crippen LogP contribution in [0.4, 0.5) is 10.6 Å². The summed E-state index contributed by atoms with van der Waals surface area (Å²) >= 11 is 0. The first kappa shape index (κ1) is 22.8. The van der Waals surface area contributed by atoms with Crippen LogP contribution in [0.1, 0.15) is 34.5 Å². The predicted octanol–water partition coefficient (Wildman–Crippen LogP) is 3.54. The van der Waals surface area contributed by atoms with E-state index in [1.54, 1.807) is 7.05 Å². The average molecular weight is 460 g/mol. The monoisotopic (exact) mass is 460 g/mol. The van der Waals surface area contributed by atoms with Crippen molar-refractivity contribution in [1.29, 1.82) is 0 Å². The van der Waals surface area contributed by atoms with Gasteiger partial charge in [-0.1, -0.05) is 54.6 Å². The zero-order chi connectivity index (χ0) is 24.2. The number of carbonyl (C=O) groups excluding carboxylic acids is 2. The topological polar surface area (TPSA) is 123 Å². The maximum Gasteiger partial charge on any atom is 0.412 e. The van der Waals surface area contributed by atoms with Crippen molar-refractivity contribution in [2.75, 3.05) is 18.5 Å². The lowest BCUT2D eigenvalue weighted by molar-refractivity contribution is -0.132. The number of aryl methyl sites for hydroxylation is 1. The maximum atomic E-state index is 12.4. The molecule has 1 heterocycles. The van der Waals surface area contributed by atoms with Crippen molar-refractivity contribution in [1.82, 2.24) is 15.1 Å². The Bertz CT molecular complexity index is 1250. The van der Waals surface area contributed by atoms with Crippen LogP contribution in [0.2, 0.25) is 0 Å². The zero-order valence-corrected chi connectivity index (χ0v) is 18.7. The Balaban J connectivity index is 1.37. The lowest BCUT2D eigenvalue weighted by Crippen LogP contribution is -2.26. The summed E-state index contributed by atoms with van der Waals surface area (Å²) in [6, 6.07) is 17.5. The Labute approximate surface area is 196 Å². The summed E-state index contributed by atoms with van der Waals surface area (Å²) in [5.74, 6) is -1.40. The van der Waals surface area contributed by atoms with Gasteiger partial charge in [0.2, 0.25) is 0 Å². The van der Waals surface area contributed by atoms with Gasteiger partial charge in [0.1, 0.15) is 12.3 Å². The first-order valence-electron chi connectivity index (χ1n) is 10.7. The highest BCUT2D eigenvalue weighted by atomic mass is 16.5. The third-order valence-corrected chi connectivity index (χ3v) is 5.69. The number of ether oxygens (including phenoxy) is 1. The van der Waals surface area contributed by atoms with Gasteiger partial charge in [-0.2, -0.15) is 5.10 Å². The van der Waals surface area contributed by atoms with Gasteiger partial charge in [0.05, 0.1) is 0 Å². The number of amides is 2. The molecule has 0 fully saturated rings. The van der Waals surface area contributed by atoms with Gasteiger partial charge in [-0.05, 0) is 29.2 Å². The summed E-state index contributed by atoms with van der Waals surface area (Å²) in [4.78, 5) is 35.6. The van der Waals surface area contributed by atoms with Crippen LogP contribution in [0, 0.1) is 0 Å². The van der Waals surface area contributed by atoms with E-state index in [2.05, 4.69) is 27.9 Å². The number of hydrogen-bond acceptors (Lipinski definition) is 5. The summed E-state index contributed by atoms with van der Waals surface area (Å²) in [6.07, 6.45) is 0.721.